The maximum absolute atomic E-state index is 4.55. The highest BCUT2D eigenvalue weighted by molar-refractivity contribution is 5.45. The molecule has 0 saturated heterocycles. The van der Waals surface area contributed by atoms with E-state index in [1.807, 2.05) is 18.3 Å². The van der Waals surface area contributed by atoms with Crippen molar-refractivity contribution in [3.8, 4) is 0 Å². The maximum atomic E-state index is 4.55. The second kappa shape index (κ2) is 6.38. The van der Waals surface area contributed by atoms with Crippen molar-refractivity contribution in [3.63, 3.8) is 0 Å². The molecule has 0 radical (unpaired) electrons. The van der Waals surface area contributed by atoms with E-state index >= 15 is 0 Å². The Morgan fingerprint density at radius 3 is 2.89 bits per heavy atom. The van der Waals surface area contributed by atoms with Crippen LogP contribution in [0.25, 0.3) is 5.65 Å². The smallest absolute Gasteiger partial charge is 0.157 e. The lowest BCUT2D eigenvalue weighted by Gasteiger charge is -2.18. The Labute approximate surface area is 108 Å². The minimum Gasteiger partial charge on any atom is -0.367 e. The molecule has 98 valence electrons. The number of rotatable bonds is 7. The molecule has 4 heteroatoms. The van der Waals surface area contributed by atoms with E-state index in [9.17, 15) is 0 Å². The number of hydrogen-bond donors (Lipinski definition) is 1. The largest absolute Gasteiger partial charge is 0.367 e. The molecule has 0 fully saturated rings. The van der Waals surface area contributed by atoms with Crippen LogP contribution in [-0.4, -0.2) is 20.6 Å². The summed E-state index contributed by atoms with van der Waals surface area (Å²) in [6.45, 7) is 4.47. The van der Waals surface area contributed by atoms with Gasteiger partial charge in [-0.2, -0.15) is 5.10 Å². The van der Waals surface area contributed by atoms with E-state index in [1.165, 1.54) is 32.1 Å². The fourth-order valence-corrected chi connectivity index (χ4v) is 2.19. The first-order valence-electron chi connectivity index (χ1n) is 6.90. The summed E-state index contributed by atoms with van der Waals surface area (Å²) in [7, 11) is 0. The summed E-state index contributed by atoms with van der Waals surface area (Å²) in [5.74, 6) is 0.956. The molecule has 1 N–H and O–H groups in total. The monoisotopic (exact) mass is 246 g/mol. The molecule has 1 unspecified atom stereocenters. The molecule has 18 heavy (non-hydrogen) atoms. The van der Waals surface area contributed by atoms with Gasteiger partial charge in [-0.15, -0.1) is 0 Å². The van der Waals surface area contributed by atoms with Crippen LogP contribution >= 0.6 is 0 Å². The highest BCUT2D eigenvalue weighted by Crippen LogP contribution is 2.14. The van der Waals surface area contributed by atoms with Crippen molar-refractivity contribution in [3.05, 3.63) is 24.5 Å². The van der Waals surface area contributed by atoms with Gasteiger partial charge >= 0.3 is 0 Å². The normalized spacial score (nSPS) is 12.8. The molecule has 0 aromatic carbocycles. The standard InChI is InChI=1S/C14H22N4/c1-3-5-7-12(6-4-2)16-13-9-11-18-14(17-13)8-10-15-18/h8-12H,3-7H2,1-2H3,(H,16,17). The summed E-state index contributed by atoms with van der Waals surface area (Å²) in [6.07, 6.45) is 9.86. The Morgan fingerprint density at radius 1 is 1.22 bits per heavy atom. The lowest BCUT2D eigenvalue weighted by Crippen LogP contribution is -2.20. The molecule has 2 aromatic rings. The molecule has 1 atom stereocenters. The fraction of sp³-hybridized carbons (Fsp3) is 0.571. The predicted octanol–water partition coefficient (Wildman–Crippen LogP) is 3.50. The SMILES string of the molecule is CCCCC(CCC)Nc1ccn2nccc2n1. The number of nitrogens with zero attached hydrogens (tertiary/aromatic N) is 3. The minimum atomic E-state index is 0.535. The van der Waals surface area contributed by atoms with Crippen LogP contribution < -0.4 is 5.32 Å². The Kier molecular flexibility index (Phi) is 4.56. The highest BCUT2D eigenvalue weighted by atomic mass is 15.2. The number of hydrogen-bond acceptors (Lipinski definition) is 3. The molecular weight excluding hydrogens is 224 g/mol. The molecule has 2 rings (SSSR count). The van der Waals surface area contributed by atoms with E-state index in [0.717, 1.165) is 11.5 Å². The molecule has 2 heterocycles. The van der Waals surface area contributed by atoms with Crippen molar-refractivity contribution in [2.45, 2.75) is 52.0 Å². The van der Waals surface area contributed by atoms with Gasteiger partial charge in [-0.1, -0.05) is 33.1 Å². The molecule has 0 saturated carbocycles. The van der Waals surface area contributed by atoms with Crippen molar-refractivity contribution in [1.29, 1.82) is 0 Å². The fourth-order valence-electron chi connectivity index (χ4n) is 2.19. The quantitative estimate of drug-likeness (QED) is 0.813. The van der Waals surface area contributed by atoms with Crippen molar-refractivity contribution in [2.75, 3.05) is 5.32 Å². The third-order valence-electron chi connectivity index (χ3n) is 3.15. The van der Waals surface area contributed by atoms with Crippen molar-refractivity contribution in [1.82, 2.24) is 14.6 Å². The summed E-state index contributed by atoms with van der Waals surface area (Å²) < 4.78 is 1.78. The predicted molar refractivity (Wildman–Crippen MR) is 74.8 cm³/mol. The van der Waals surface area contributed by atoms with Crippen LogP contribution in [0.1, 0.15) is 46.0 Å². The second-order valence-electron chi connectivity index (χ2n) is 4.72. The van der Waals surface area contributed by atoms with Gasteiger partial charge in [0.15, 0.2) is 5.65 Å². The molecular formula is C14H22N4. The number of aromatic nitrogens is 3. The summed E-state index contributed by atoms with van der Waals surface area (Å²) in [5.41, 5.74) is 0.894. The second-order valence-corrected chi connectivity index (χ2v) is 4.72. The van der Waals surface area contributed by atoms with E-state index in [4.69, 9.17) is 0 Å². The van der Waals surface area contributed by atoms with Crippen LogP contribution in [0, 0.1) is 0 Å². The van der Waals surface area contributed by atoms with Gasteiger partial charge in [0.25, 0.3) is 0 Å². The minimum absolute atomic E-state index is 0.535. The lowest BCUT2D eigenvalue weighted by atomic mass is 10.1. The van der Waals surface area contributed by atoms with Gasteiger partial charge in [-0.3, -0.25) is 0 Å². The first-order chi connectivity index (χ1) is 8.83. The Balaban J connectivity index is 2.04. The molecule has 0 amide bonds. The molecule has 4 nitrogen and oxygen atoms in total. The van der Waals surface area contributed by atoms with Crippen molar-refractivity contribution >= 4 is 11.5 Å². The zero-order chi connectivity index (χ0) is 12.8. The first-order valence-corrected chi connectivity index (χ1v) is 6.90. The molecule has 0 bridgehead atoms. The Bertz CT molecular complexity index is 477. The zero-order valence-corrected chi connectivity index (χ0v) is 11.3. The molecule has 0 aliphatic heterocycles. The van der Waals surface area contributed by atoms with Crippen LogP contribution in [0.4, 0.5) is 5.82 Å². The van der Waals surface area contributed by atoms with Gasteiger partial charge in [0.2, 0.25) is 0 Å². The van der Waals surface area contributed by atoms with Crippen molar-refractivity contribution in [2.24, 2.45) is 0 Å². The lowest BCUT2D eigenvalue weighted by molar-refractivity contribution is 0.563. The van der Waals surface area contributed by atoms with Crippen LogP contribution in [0.2, 0.25) is 0 Å². The molecule has 0 spiro atoms. The third kappa shape index (κ3) is 3.22. The summed E-state index contributed by atoms with van der Waals surface area (Å²) >= 11 is 0. The van der Waals surface area contributed by atoms with Crippen molar-refractivity contribution < 1.29 is 0 Å². The average molecular weight is 246 g/mol. The van der Waals surface area contributed by atoms with Crippen LogP contribution in [-0.2, 0) is 0 Å². The number of fused-ring (bicyclic) bond motifs is 1. The molecule has 2 aromatic heterocycles. The van der Waals surface area contributed by atoms with Gasteiger partial charge in [-0.05, 0) is 18.9 Å². The zero-order valence-electron chi connectivity index (χ0n) is 11.3. The van der Waals surface area contributed by atoms with Gasteiger partial charge in [0.05, 0.1) is 6.20 Å². The van der Waals surface area contributed by atoms with Crippen LogP contribution in [0.3, 0.4) is 0 Å². The van der Waals surface area contributed by atoms with Gasteiger partial charge < -0.3 is 5.32 Å². The summed E-state index contributed by atoms with van der Waals surface area (Å²) in [6, 6.07) is 4.45. The van der Waals surface area contributed by atoms with Crippen LogP contribution in [0.15, 0.2) is 24.5 Å². The Morgan fingerprint density at radius 2 is 2.11 bits per heavy atom. The highest BCUT2D eigenvalue weighted by Gasteiger charge is 2.08. The number of anilines is 1. The number of unbranched alkanes of at least 4 members (excludes halogenated alkanes) is 1. The van der Waals surface area contributed by atoms with E-state index in [0.29, 0.717) is 6.04 Å². The van der Waals surface area contributed by atoms with Gasteiger partial charge in [0.1, 0.15) is 5.82 Å². The summed E-state index contributed by atoms with van der Waals surface area (Å²) in [4.78, 5) is 4.55. The van der Waals surface area contributed by atoms with E-state index < -0.39 is 0 Å². The number of nitrogens with one attached hydrogen (secondary N) is 1. The molecule has 0 aliphatic rings. The third-order valence-corrected chi connectivity index (χ3v) is 3.15. The van der Waals surface area contributed by atoms with Gasteiger partial charge in [-0.25, -0.2) is 9.50 Å². The van der Waals surface area contributed by atoms with Gasteiger partial charge in [0, 0.05) is 18.3 Å². The average Bonchev–Trinajstić information content (AvgIpc) is 2.83. The first kappa shape index (κ1) is 12.9. The van der Waals surface area contributed by atoms with Crippen LogP contribution in [0.5, 0.6) is 0 Å². The maximum Gasteiger partial charge on any atom is 0.157 e. The van der Waals surface area contributed by atoms with E-state index in [-0.39, 0.29) is 0 Å². The van der Waals surface area contributed by atoms with E-state index in [1.54, 1.807) is 10.7 Å². The molecule has 0 aliphatic carbocycles. The summed E-state index contributed by atoms with van der Waals surface area (Å²) in [5, 5.41) is 7.70. The van der Waals surface area contributed by atoms with E-state index in [2.05, 4.69) is 29.2 Å². The topological polar surface area (TPSA) is 42.2 Å². The Hall–Kier alpha value is -1.58.